The van der Waals surface area contributed by atoms with E-state index in [1.807, 2.05) is 42.5 Å². The minimum atomic E-state index is -0.524. The van der Waals surface area contributed by atoms with Crippen molar-refractivity contribution in [1.82, 2.24) is 5.27 Å². The molecule has 0 fully saturated rings. The number of nitrogens with zero attached hydrogens (tertiary/aromatic N) is 2. The third-order valence-corrected chi connectivity index (χ3v) is 4.54. The second-order valence-electron chi connectivity index (χ2n) is 5.26. The Morgan fingerprint density at radius 3 is 2.73 bits per heavy atom. The first-order chi connectivity index (χ1) is 12.7. The molecule has 0 saturated carbocycles. The van der Waals surface area contributed by atoms with Crippen molar-refractivity contribution < 1.29 is 23.8 Å². The van der Waals surface area contributed by atoms with E-state index in [2.05, 4.69) is 10.6 Å². The normalized spacial score (nSPS) is 10.5. The molecule has 0 saturated heterocycles. The maximum Gasteiger partial charge on any atom is 0.297 e. The molecule has 0 radical (unpaired) electrons. The van der Waals surface area contributed by atoms with Crippen molar-refractivity contribution in [2.75, 3.05) is 18.2 Å². The summed E-state index contributed by atoms with van der Waals surface area (Å²) in [6.07, 6.45) is 0.224. The molecule has 0 spiro atoms. The molecule has 0 atom stereocenters. The molecule has 2 aromatic carbocycles. The van der Waals surface area contributed by atoms with Gasteiger partial charge in [-0.2, -0.15) is 0 Å². The lowest BCUT2D eigenvalue weighted by Crippen LogP contribution is -2.34. The highest BCUT2D eigenvalue weighted by atomic mass is 32.2. The number of carbonyl (C=O) groups excluding carboxylic acids is 1. The SMILES string of the molecule is COc1ccccc1NC(=O)CCSc1c([O-])on[n+]1-c1ccccc1. The van der Waals surface area contributed by atoms with Crippen LogP contribution in [0.3, 0.4) is 0 Å². The van der Waals surface area contributed by atoms with E-state index in [1.165, 1.54) is 16.4 Å². The molecular formula is C18H17N3O4S. The molecule has 3 aromatic rings. The third-order valence-electron chi connectivity index (χ3n) is 3.52. The average Bonchev–Trinajstić information content (AvgIpc) is 3.03. The monoisotopic (exact) mass is 371 g/mol. The molecule has 0 aliphatic carbocycles. The largest absolute Gasteiger partial charge is 0.538 e. The van der Waals surface area contributed by atoms with Gasteiger partial charge in [0.25, 0.3) is 5.03 Å². The molecule has 7 nitrogen and oxygen atoms in total. The summed E-state index contributed by atoms with van der Waals surface area (Å²) in [5.41, 5.74) is 1.33. The Kier molecular flexibility index (Phi) is 5.75. The van der Waals surface area contributed by atoms with Gasteiger partial charge in [-0.15, -0.1) is 0 Å². The standard InChI is InChI=1S/C18H17N3O4S/c1-24-15-10-6-5-9-14(15)19-16(22)11-12-26-17-18(23)25-20-21(17)13-7-3-2-4-8-13/h2-10H,11-12H2,1H3,(H-,19,20,22,23). The van der Waals surface area contributed by atoms with E-state index in [1.54, 1.807) is 19.2 Å². The number of rotatable bonds is 7. The number of anilines is 1. The molecule has 1 N–H and O–H groups in total. The van der Waals surface area contributed by atoms with Crippen LogP contribution in [0, 0.1) is 0 Å². The summed E-state index contributed by atoms with van der Waals surface area (Å²) < 4.78 is 11.4. The maximum atomic E-state index is 12.1. The second kappa shape index (κ2) is 8.39. The first-order valence-corrected chi connectivity index (χ1v) is 8.87. The highest BCUT2D eigenvalue weighted by Crippen LogP contribution is 2.25. The van der Waals surface area contributed by atoms with Crippen LogP contribution in [0.25, 0.3) is 5.69 Å². The second-order valence-corrected chi connectivity index (χ2v) is 6.34. The summed E-state index contributed by atoms with van der Waals surface area (Å²) in [6.45, 7) is 0. The van der Waals surface area contributed by atoms with Gasteiger partial charge in [-0.1, -0.05) is 42.1 Å². The summed E-state index contributed by atoms with van der Waals surface area (Å²) >= 11 is 1.23. The number of ether oxygens (including phenoxy) is 1. The number of thioether (sulfide) groups is 1. The molecular weight excluding hydrogens is 354 g/mol. The van der Waals surface area contributed by atoms with Crippen LogP contribution in [0.15, 0.2) is 64.1 Å². The lowest BCUT2D eigenvalue weighted by molar-refractivity contribution is -0.705. The van der Waals surface area contributed by atoms with Gasteiger partial charge in [0, 0.05) is 24.3 Å². The lowest BCUT2D eigenvalue weighted by atomic mass is 10.3. The molecule has 0 aliphatic heterocycles. The van der Waals surface area contributed by atoms with Crippen molar-refractivity contribution in [2.45, 2.75) is 11.4 Å². The van der Waals surface area contributed by atoms with Gasteiger partial charge in [-0.05, 0) is 16.8 Å². The number of nitrogens with one attached hydrogen (secondary N) is 1. The van der Waals surface area contributed by atoms with E-state index in [0.29, 0.717) is 22.2 Å². The zero-order chi connectivity index (χ0) is 18.4. The number of benzene rings is 2. The van der Waals surface area contributed by atoms with Crippen molar-refractivity contribution in [3.8, 4) is 17.4 Å². The quantitative estimate of drug-likeness (QED) is 0.505. The number of hydrogen-bond donors (Lipinski definition) is 1. The molecule has 1 heterocycles. The molecule has 3 rings (SSSR count). The van der Waals surface area contributed by atoms with Crippen LogP contribution < -0.4 is 19.8 Å². The Bertz CT molecular complexity index is 883. The highest BCUT2D eigenvalue weighted by molar-refractivity contribution is 7.99. The molecule has 1 aromatic heterocycles. The van der Waals surface area contributed by atoms with Gasteiger partial charge in [0.05, 0.1) is 18.1 Å². The number of methoxy groups -OCH3 is 1. The van der Waals surface area contributed by atoms with Gasteiger partial charge in [0.15, 0.2) is 5.95 Å². The van der Waals surface area contributed by atoms with Crippen molar-refractivity contribution in [3.63, 3.8) is 0 Å². The van der Waals surface area contributed by atoms with E-state index in [4.69, 9.17) is 9.26 Å². The van der Waals surface area contributed by atoms with Crippen LogP contribution in [0.1, 0.15) is 6.42 Å². The summed E-state index contributed by atoms with van der Waals surface area (Å²) in [5.74, 6) is 0.307. The fourth-order valence-corrected chi connectivity index (χ4v) is 3.19. The van der Waals surface area contributed by atoms with Gasteiger partial charge in [0.1, 0.15) is 5.75 Å². The molecule has 1 amide bonds. The van der Waals surface area contributed by atoms with Crippen molar-refractivity contribution in [1.29, 1.82) is 0 Å². The number of para-hydroxylation sites is 3. The van der Waals surface area contributed by atoms with E-state index < -0.39 is 5.95 Å². The molecule has 134 valence electrons. The zero-order valence-electron chi connectivity index (χ0n) is 14.0. The van der Waals surface area contributed by atoms with E-state index >= 15 is 0 Å². The van der Waals surface area contributed by atoms with Crippen LogP contribution in [0.2, 0.25) is 0 Å². The smallest absolute Gasteiger partial charge is 0.297 e. The van der Waals surface area contributed by atoms with Gasteiger partial charge in [-0.3, -0.25) is 4.79 Å². The van der Waals surface area contributed by atoms with Crippen LogP contribution >= 0.6 is 11.8 Å². The molecule has 0 aliphatic rings. The third kappa shape index (κ3) is 4.15. The molecule has 8 heteroatoms. The average molecular weight is 371 g/mol. The molecule has 0 bridgehead atoms. The van der Waals surface area contributed by atoms with E-state index in [0.717, 1.165) is 5.69 Å². The van der Waals surface area contributed by atoms with Crippen molar-refractivity contribution in [2.24, 2.45) is 0 Å². The zero-order valence-corrected chi connectivity index (χ0v) is 14.9. The highest BCUT2D eigenvalue weighted by Gasteiger charge is 2.21. The van der Waals surface area contributed by atoms with Gasteiger partial charge in [0.2, 0.25) is 11.6 Å². The Morgan fingerprint density at radius 2 is 1.96 bits per heavy atom. The van der Waals surface area contributed by atoms with Crippen molar-refractivity contribution in [3.05, 3.63) is 54.6 Å². The van der Waals surface area contributed by atoms with E-state index in [9.17, 15) is 9.90 Å². The minimum absolute atomic E-state index is 0.169. The molecule has 26 heavy (non-hydrogen) atoms. The van der Waals surface area contributed by atoms with Crippen LogP contribution in [-0.4, -0.2) is 24.0 Å². The fraction of sp³-hybridized carbons (Fsp3) is 0.167. The Labute approximate surface area is 154 Å². The molecule has 0 unspecified atom stereocenters. The number of carbonyl (C=O) groups is 1. The first kappa shape index (κ1) is 17.8. The predicted molar refractivity (Wildman–Crippen MR) is 94.4 cm³/mol. The van der Waals surface area contributed by atoms with E-state index in [-0.39, 0.29) is 12.3 Å². The lowest BCUT2D eigenvalue weighted by Gasteiger charge is -2.09. The van der Waals surface area contributed by atoms with Gasteiger partial charge < -0.3 is 19.7 Å². The van der Waals surface area contributed by atoms with Crippen LogP contribution in [0.4, 0.5) is 5.69 Å². The summed E-state index contributed by atoms with van der Waals surface area (Å²) in [5, 5.41) is 18.8. The fourth-order valence-electron chi connectivity index (χ4n) is 2.30. The predicted octanol–water partition coefficient (Wildman–Crippen LogP) is 2.15. The Balaban J connectivity index is 1.60. The van der Waals surface area contributed by atoms with Crippen LogP contribution in [-0.2, 0) is 4.79 Å². The number of aromatic nitrogens is 2. The Hall–Kier alpha value is -3.00. The first-order valence-electron chi connectivity index (χ1n) is 7.89. The summed E-state index contributed by atoms with van der Waals surface area (Å²) in [7, 11) is 1.55. The summed E-state index contributed by atoms with van der Waals surface area (Å²) in [4.78, 5) is 12.1. The minimum Gasteiger partial charge on any atom is -0.538 e. The van der Waals surface area contributed by atoms with Gasteiger partial charge in [-0.25, -0.2) is 0 Å². The van der Waals surface area contributed by atoms with Gasteiger partial charge >= 0.3 is 0 Å². The Morgan fingerprint density at radius 1 is 1.23 bits per heavy atom. The number of amides is 1. The summed E-state index contributed by atoms with van der Waals surface area (Å²) in [6, 6.07) is 16.4. The topological polar surface area (TPSA) is 91.3 Å². The number of hydrogen-bond acceptors (Lipinski definition) is 6. The van der Waals surface area contributed by atoms with Crippen molar-refractivity contribution >= 4 is 23.4 Å². The maximum absolute atomic E-state index is 12.1. The van der Waals surface area contributed by atoms with Crippen LogP contribution in [0.5, 0.6) is 11.7 Å².